The van der Waals surface area contributed by atoms with Crippen LogP contribution in [0.3, 0.4) is 0 Å². The van der Waals surface area contributed by atoms with Gasteiger partial charge in [0.25, 0.3) is 0 Å². The summed E-state index contributed by atoms with van der Waals surface area (Å²) in [7, 11) is 4.18. The van der Waals surface area contributed by atoms with Gasteiger partial charge in [-0.05, 0) is 24.7 Å². The van der Waals surface area contributed by atoms with Gasteiger partial charge in [0.05, 0.1) is 11.7 Å². The Morgan fingerprint density at radius 2 is 2.24 bits per heavy atom. The molecular formula is C13H18N4. The van der Waals surface area contributed by atoms with Gasteiger partial charge in [-0.1, -0.05) is 6.07 Å². The van der Waals surface area contributed by atoms with E-state index in [1.165, 1.54) is 16.5 Å². The predicted octanol–water partition coefficient (Wildman–Crippen LogP) is 1.15. The van der Waals surface area contributed by atoms with Crippen LogP contribution in [0, 0.1) is 0 Å². The van der Waals surface area contributed by atoms with E-state index in [1.54, 1.807) is 0 Å². The molecule has 17 heavy (non-hydrogen) atoms. The molecule has 90 valence electrons. The van der Waals surface area contributed by atoms with E-state index >= 15 is 0 Å². The zero-order valence-corrected chi connectivity index (χ0v) is 10.3. The van der Waals surface area contributed by atoms with Crippen molar-refractivity contribution in [2.24, 2.45) is 7.05 Å². The normalized spacial score (nSPS) is 22.1. The van der Waals surface area contributed by atoms with Crippen LogP contribution in [0.15, 0.2) is 24.4 Å². The van der Waals surface area contributed by atoms with Crippen LogP contribution in [-0.2, 0) is 7.05 Å². The standard InChI is InChI=1S/C13H18N4/c1-16-6-5-14-9-13(16)10-3-4-12-11(7-10)8-15-17(12)2/h3-4,7-8,13-14H,5-6,9H2,1-2H3. The van der Waals surface area contributed by atoms with Crippen molar-refractivity contribution in [3.05, 3.63) is 30.0 Å². The van der Waals surface area contributed by atoms with Crippen molar-refractivity contribution in [3.8, 4) is 0 Å². The van der Waals surface area contributed by atoms with Gasteiger partial charge in [-0.2, -0.15) is 5.10 Å². The summed E-state index contributed by atoms with van der Waals surface area (Å²) in [6.45, 7) is 3.22. The Hall–Kier alpha value is -1.39. The number of fused-ring (bicyclic) bond motifs is 1. The molecular weight excluding hydrogens is 212 g/mol. The molecule has 1 aromatic carbocycles. The zero-order chi connectivity index (χ0) is 11.8. The van der Waals surface area contributed by atoms with E-state index in [-0.39, 0.29) is 0 Å². The molecule has 4 nitrogen and oxygen atoms in total. The maximum absolute atomic E-state index is 4.29. The Kier molecular flexibility index (Phi) is 2.61. The molecule has 1 fully saturated rings. The van der Waals surface area contributed by atoms with Crippen LogP contribution in [0.1, 0.15) is 11.6 Å². The van der Waals surface area contributed by atoms with Gasteiger partial charge < -0.3 is 5.32 Å². The summed E-state index contributed by atoms with van der Waals surface area (Å²) < 4.78 is 1.92. The van der Waals surface area contributed by atoms with E-state index in [0.29, 0.717) is 6.04 Å². The third-order valence-electron chi connectivity index (χ3n) is 3.67. The van der Waals surface area contributed by atoms with Crippen molar-refractivity contribution in [3.63, 3.8) is 0 Å². The largest absolute Gasteiger partial charge is 0.314 e. The third-order valence-corrected chi connectivity index (χ3v) is 3.67. The van der Waals surface area contributed by atoms with Crippen molar-refractivity contribution in [2.75, 3.05) is 26.7 Å². The summed E-state index contributed by atoms with van der Waals surface area (Å²) in [6.07, 6.45) is 1.94. The van der Waals surface area contributed by atoms with E-state index in [0.717, 1.165) is 19.6 Å². The molecule has 2 heterocycles. The van der Waals surface area contributed by atoms with E-state index in [4.69, 9.17) is 0 Å². The molecule has 1 N–H and O–H groups in total. The molecule has 1 saturated heterocycles. The van der Waals surface area contributed by atoms with E-state index in [1.807, 2.05) is 17.9 Å². The second-order valence-electron chi connectivity index (χ2n) is 4.79. The van der Waals surface area contributed by atoms with Gasteiger partial charge in [0, 0.05) is 38.1 Å². The van der Waals surface area contributed by atoms with Crippen LogP contribution in [-0.4, -0.2) is 41.4 Å². The molecule has 4 heteroatoms. The molecule has 0 aliphatic carbocycles. The number of piperazine rings is 1. The van der Waals surface area contributed by atoms with Crippen molar-refractivity contribution in [1.29, 1.82) is 0 Å². The summed E-state index contributed by atoms with van der Waals surface area (Å²) >= 11 is 0. The van der Waals surface area contributed by atoms with Crippen LogP contribution in [0.4, 0.5) is 0 Å². The molecule has 1 unspecified atom stereocenters. The van der Waals surface area contributed by atoms with Gasteiger partial charge in [-0.25, -0.2) is 0 Å². The van der Waals surface area contributed by atoms with Gasteiger partial charge in [0.15, 0.2) is 0 Å². The number of aromatic nitrogens is 2. The predicted molar refractivity (Wildman–Crippen MR) is 69.0 cm³/mol. The van der Waals surface area contributed by atoms with Crippen LogP contribution in [0.25, 0.3) is 10.9 Å². The number of hydrogen-bond donors (Lipinski definition) is 1. The summed E-state index contributed by atoms with van der Waals surface area (Å²) in [5.41, 5.74) is 2.57. The highest BCUT2D eigenvalue weighted by molar-refractivity contribution is 5.79. The van der Waals surface area contributed by atoms with Crippen LogP contribution in [0.2, 0.25) is 0 Å². The molecule has 0 radical (unpaired) electrons. The van der Waals surface area contributed by atoms with Crippen molar-refractivity contribution in [1.82, 2.24) is 20.0 Å². The van der Waals surface area contributed by atoms with Gasteiger partial charge in [-0.15, -0.1) is 0 Å². The summed E-state index contributed by atoms with van der Waals surface area (Å²) in [5, 5.41) is 8.97. The first-order chi connectivity index (χ1) is 8.25. The lowest BCUT2D eigenvalue weighted by molar-refractivity contribution is 0.202. The molecule has 0 spiro atoms. The Bertz CT molecular complexity index is 531. The minimum absolute atomic E-state index is 0.480. The van der Waals surface area contributed by atoms with Gasteiger partial charge in [0.1, 0.15) is 0 Å². The van der Waals surface area contributed by atoms with Crippen LogP contribution >= 0.6 is 0 Å². The number of nitrogens with one attached hydrogen (secondary N) is 1. The number of rotatable bonds is 1. The Morgan fingerprint density at radius 3 is 3.06 bits per heavy atom. The van der Waals surface area contributed by atoms with Crippen LogP contribution < -0.4 is 5.32 Å². The van der Waals surface area contributed by atoms with Gasteiger partial charge in [-0.3, -0.25) is 9.58 Å². The number of benzene rings is 1. The lowest BCUT2D eigenvalue weighted by Gasteiger charge is -2.33. The lowest BCUT2D eigenvalue weighted by atomic mass is 10.0. The Balaban J connectivity index is 1.99. The molecule has 3 rings (SSSR count). The monoisotopic (exact) mass is 230 g/mol. The maximum atomic E-state index is 4.29. The third kappa shape index (κ3) is 1.83. The average molecular weight is 230 g/mol. The molecule has 1 aliphatic rings. The molecule has 1 aromatic heterocycles. The summed E-state index contributed by atoms with van der Waals surface area (Å²) in [4.78, 5) is 2.41. The quantitative estimate of drug-likeness (QED) is 0.798. The van der Waals surface area contributed by atoms with Crippen molar-refractivity contribution in [2.45, 2.75) is 6.04 Å². The molecule has 0 saturated carbocycles. The molecule has 0 bridgehead atoms. The van der Waals surface area contributed by atoms with E-state index in [9.17, 15) is 0 Å². The second kappa shape index (κ2) is 4.13. The molecule has 1 aliphatic heterocycles. The fourth-order valence-electron chi connectivity index (χ4n) is 2.57. The average Bonchev–Trinajstić information content (AvgIpc) is 2.71. The number of likely N-dealkylation sites (N-methyl/N-ethyl adjacent to an activating group) is 1. The minimum atomic E-state index is 0.480. The summed E-state index contributed by atoms with van der Waals surface area (Å²) in [6, 6.07) is 7.13. The Morgan fingerprint density at radius 1 is 1.35 bits per heavy atom. The van der Waals surface area contributed by atoms with Crippen LogP contribution in [0.5, 0.6) is 0 Å². The number of nitrogens with zero attached hydrogens (tertiary/aromatic N) is 3. The van der Waals surface area contributed by atoms with E-state index in [2.05, 4.69) is 40.6 Å². The molecule has 2 aromatic rings. The fourth-order valence-corrected chi connectivity index (χ4v) is 2.57. The molecule has 0 amide bonds. The number of hydrogen-bond acceptors (Lipinski definition) is 3. The first kappa shape index (κ1) is 10.7. The molecule has 1 atom stereocenters. The SMILES string of the molecule is CN1CCNCC1c1ccc2c(cnn2C)c1. The van der Waals surface area contributed by atoms with Crippen molar-refractivity contribution < 1.29 is 0 Å². The zero-order valence-electron chi connectivity index (χ0n) is 10.3. The smallest absolute Gasteiger partial charge is 0.0679 e. The first-order valence-electron chi connectivity index (χ1n) is 6.08. The highest BCUT2D eigenvalue weighted by atomic mass is 15.2. The van der Waals surface area contributed by atoms with Gasteiger partial charge >= 0.3 is 0 Å². The highest BCUT2D eigenvalue weighted by Crippen LogP contribution is 2.24. The Labute approximate surface area is 101 Å². The second-order valence-corrected chi connectivity index (χ2v) is 4.79. The van der Waals surface area contributed by atoms with E-state index < -0.39 is 0 Å². The summed E-state index contributed by atoms with van der Waals surface area (Å²) in [5.74, 6) is 0. The topological polar surface area (TPSA) is 33.1 Å². The highest BCUT2D eigenvalue weighted by Gasteiger charge is 2.20. The fraction of sp³-hybridized carbons (Fsp3) is 0.462. The van der Waals surface area contributed by atoms with Gasteiger partial charge in [0.2, 0.25) is 0 Å². The number of aryl methyl sites for hydroxylation is 1. The minimum Gasteiger partial charge on any atom is -0.314 e. The lowest BCUT2D eigenvalue weighted by Crippen LogP contribution is -2.43. The first-order valence-corrected chi connectivity index (χ1v) is 6.08. The van der Waals surface area contributed by atoms with Crippen molar-refractivity contribution >= 4 is 10.9 Å². The maximum Gasteiger partial charge on any atom is 0.0679 e.